The van der Waals surface area contributed by atoms with Crippen LogP contribution in [0.4, 0.5) is 0 Å². The third-order valence-corrected chi connectivity index (χ3v) is 4.07. The van der Waals surface area contributed by atoms with Crippen molar-refractivity contribution in [3.8, 4) is 11.5 Å². The molecular formula is C20H21N3O3. The van der Waals surface area contributed by atoms with Crippen molar-refractivity contribution in [2.24, 2.45) is 5.10 Å². The lowest BCUT2D eigenvalue weighted by Crippen LogP contribution is -2.19. The third-order valence-electron chi connectivity index (χ3n) is 4.07. The number of ether oxygens (including phenoxy) is 2. The molecule has 0 bridgehead atoms. The molecule has 0 atom stereocenters. The molecule has 0 aliphatic carbocycles. The summed E-state index contributed by atoms with van der Waals surface area (Å²) in [6, 6.07) is 15.6. The highest BCUT2D eigenvalue weighted by molar-refractivity contribution is 5.83. The number of aromatic nitrogens is 1. The Morgan fingerprint density at radius 2 is 1.92 bits per heavy atom. The Bertz CT molecular complexity index is 931. The molecule has 1 N–H and O–H groups in total. The monoisotopic (exact) mass is 351 g/mol. The zero-order chi connectivity index (χ0) is 18.4. The van der Waals surface area contributed by atoms with Gasteiger partial charge in [0, 0.05) is 24.7 Å². The van der Waals surface area contributed by atoms with E-state index in [9.17, 15) is 4.79 Å². The molecule has 0 spiro atoms. The highest BCUT2D eigenvalue weighted by Gasteiger charge is 2.05. The van der Waals surface area contributed by atoms with Crippen LogP contribution >= 0.6 is 0 Å². The van der Waals surface area contributed by atoms with E-state index in [1.165, 1.54) is 5.39 Å². The number of hydrogen-bond donors (Lipinski definition) is 1. The van der Waals surface area contributed by atoms with Gasteiger partial charge in [-0.25, -0.2) is 5.43 Å². The van der Waals surface area contributed by atoms with Crippen LogP contribution in [0.3, 0.4) is 0 Å². The molecule has 1 amide bonds. The minimum Gasteiger partial charge on any atom is -0.493 e. The fourth-order valence-electron chi connectivity index (χ4n) is 2.73. The number of rotatable bonds is 7. The van der Waals surface area contributed by atoms with E-state index in [0.29, 0.717) is 24.5 Å². The van der Waals surface area contributed by atoms with E-state index in [0.717, 1.165) is 11.1 Å². The van der Waals surface area contributed by atoms with E-state index >= 15 is 0 Å². The summed E-state index contributed by atoms with van der Waals surface area (Å²) in [5, 5.41) is 5.17. The molecule has 26 heavy (non-hydrogen) atoms. The van der Waals surface area contributed by atoms with Crippen LogP contribution in [-0.4, -0.2) is 30.9 Å². The lowest BCUT2D eigenvalue weighted by atomic mass is 10.2. The van der Waals surface area contributed by atoms with Gasteiger partial charge in [-0.1, -0.05) is 18.2 Å². The van der Waals surface area contributed by atoms with Crippen molar-refractivity contribution in [1.29, 1.82) is 0 Å². The fourth-order valence-corrected chi connectivity index (χ4v) is 2.73. The quantitative estimate of drug-likeness (QED) is 0.525. The highest BCUT2D eigenvalue weighted by Crippen LogP contribution is 2.26. The number of carbonyl (C=O) groups excluding carboxylic acids is 1. The van der Waals surface area contributed by atoms with E-state index in [2.05, 4.69) is 21.2 Å². The van der Waals surface area contributed by atoms with Gasteiger partial charge in [-0.05, 0) is 41.3 Å². The minimum atomic E-state index is -0.139. The Labute approximate surface area is 152 Å². The number of nitrogens with zero attached hydrogens (tertiary/aromatic N) is 2. The molecular weight excluding hydrogens is 330 g/mol. The molecule has 1 aromatic heterocycles. The van der Waals surface area contributed by atoms with Gasteiger partial charge in [-0.15, -0.1) is 0 Å². The number of benzene rings is 2. The van der Waals surface area contributed by atoms with Crippen molar-refractivity contribution in [2.45, 2.75) is 13.0 Å². The Morgan fingerprint density at radius 1 is 1.12 bits per heavy atom. The summed E-state index contributed by atoms with van der Waals surface area (Å²) in [6.07, 6.45) is 3.91. The van der Waals surface area contributed by atoms with Crippen molar-refractivity contribution >= 4 is 23.0 Å². The van der Waals surface area contributed by atoms with Crippen LogP contribution < -0.4 is 14.9 Å². The van der Waals surface area contributed by atoms with Crippen LogP contribution in [0.25, 0.3) is 10.9 Å². The van der Waals surface area contributed by atoms with Gasteiger partial charge in [0.05, 0.1) is 20.4 Å². The predicted octanol–water partition coefficient (Wildman–Crippen LogP) is 3.20. The van der Waals surface area contributed by atoms with E-state index in [4.69, 9.17) is 9.47 Å². The van der Waals surface area contributed by atoms with Gasteiger partial charge < -0.3 is 14.0 Å². The summed E-state index contributed by atoms with van der Waals surface area (Å²) in [6.45, 7) is 0.602. The first-order valence-corrected chi connectivity index (χ1v) is 8.29. The van der Waals surface area contributed by atoms with Crippen molar-refractivity contribution < 1.29 is 14.3 Å². The maximum absolute atomic E-state index is 12.0. The average Bonchev–Trinajstić information content (AvgIpc) is 3.09. The molecule has 6 nitrogen and oxygen atoms in total. The van der Waals surface area contributed by atoms with Gasteiger partial charge >= 0.3 is 0 Å². The van der Waals surface area contributed by atoms with Crippen LogP contribution in [0.5, 0.6) is 11.5 Å². The summed E-state index contributed by atoms with van der Waals surface area (Å²) in [4.78, 5) is 12.0. The number of nitrogens with one attached hydrogen (secondary N) is 1. The molecule has 6 heteroatoms. The van der Waals surface area contributed by atoms with Crippen molar-refractivity contribution in [3.05, 3.63) is 60.3 Å². The van der Waals surface area contributed by atoms with Crippen LogP contribution in [0.2, 0.25) is 0 Å². The Hall–Kier alpha value is -3.28. The predicted molar refractivity (Wildman–Crippen MR) is 102 cm³/mol. The number of amides is 1. The molecule has 0 aliphatic rings. The van der Waals surface area contributed by atoms with Gasteiger partial charge in [0.25, 0.3) is 0 Å². The molecule has 3 rings (SSSR count). The summed E-state index contributed by atoms with van der Waals surface area (Å²) in [5.41, 5.74) is 4.48. The summed E-state index contributed by atoms with van der Waals surface area (Å²) < 4.78 is 12.5. The number of para-hydroxylation sites is 1. The number of carbonyl (C=O) groups is 1. The number of aryl methyl sites for hydroxylation is 1. The zero-order valence-corrected chi connectivity index (χ0v) is 14.8. The third kappa shape index (κ3) is 4.03. The number of hydrogen-bond acceptors (Lipinski definition) is 4. The largest absolute Gasteiger partial charge is 0.493 e. The van der Waals surface area contributed by atoms with Crippen LogP contribution in [0.1, 0.15) is 12.0 Å². The number of fused-ring (bicyclic) bond motifs is 1. The maximum Gasteiger partial charge on any atom is 0.241 e. The summed E-state index contributed by atoms with van der Waals surface area (Å²) in [7, 11) is 3.16. The molecule has 0 saturated carbocycles. The molecule has 0 radical (unpaired) electrons. The molecule has 0 fully saturated rings. The zero-order valence-electron chi connectivity index (χ0n) is 14.8. The lowest BCUT2D eigenvalue weighted by Gasteiger charge is -2.07. The second kappa shape index (κ2) is 8.20. The standard InChI is InChI=1S/C20H21N3O3/c1-25-18-8-7-15(13-19(18)26-2)14-21-22-20(24)10-12-23-11-9-16-5-3-4-6-17(16)23/h3-9,11,13-14H,10,12H2,1-2H3,(H,22,24)/b21-14+. The van der Waals surface area contributed by atoms with E-state index < -0.39 is 0 Å². The summed E-state index contributed by atoms with van der Waals surface area (Å²) in [5.74, 6) is 1.12. The maximum atomic E-state index is 12.0. The first-order chi connectivity index (χ1) is 12.7. The summed E-state index contributed by atoms with van der Waals surface area (Å²) >= 11 is 0. The molecule has 0 saturated heterocycles. The Balaban J connectivity index is 1.54. The normalized spacial score (nSPS) is 11.0. The molecule has 1 heterocycles. The molecule has 2 aromatic carbocycles. The van der Waals surface area contributed by atoms with Gasteiger partial charge in [0.1, 0.15) is 0 Å². The van der Waals surface area contributed by atoms with E-state index in [1.54, 1.807) is 32.6 Å². The second-order valence-electron chi connectivity index (χ2n) is 5.73. The first kappa shape index (κ1) is 17.5. The molecule has 3 aromatic rings. The molecule has 0 aliphatic heterocycles. The van der Waals surface area contributed by atoms with Gasteiger partial charge in [-0.3, -0.25) is 4.79 Å². The van der Waals surface area contributed by atoms with Gasteiger partial charge in [0.2, 0.25) is 5.91 Å². The van der Waals surface area contributed by atoms with Crippen LogP contribution in [0.15, 0.2) is 59.8 Å². The van der Waals surface area contributed by atoms with E-state index in [1.807, 2.05) is 36.5 Å². The SMILES string of the molecule is COc1ccc(/C=N/NC(=O)CCn2ccc3ccccc32)cc1OC. The van der Waals surface area contributed by atoms with Crippen LogP contribution in [-0.2, 0) is 11.3 Å². The first-order valence-electron chi connectivity index (χ1n) is 8.29. The topological polar surface area (TPSA) is 64.8 Å². The van der Waals surface area contributed by atoms with Gasteiger partial charge in [-0.2, -0.15) is 5.10 Å². The van der Waals surface area contributed by atoms with Gasteiger partial charge in [0.15, 0.2) is 11.5 Å². The smallest absolute Gasteiger partial charge is 0.241 e. The van der Waals surface area contributed by atoms with E-state index in [-0.39, 0.29) is 5.91 Å². The molecule has 0 unspecified atom stereocenters. The van der Waals surface area contributed by atoms with Crippen LogP contribution in [0, 0.1) is 0 Å². The van der Waals surface area contributed by atoms with Crippen molar-refractivity contribution in [1.82, 2.24) is 9.99 Å². The Kier molecular flexibility index (Phi) is 5.53. The second-order valence-corrected chi connectivity index (χ2v) is 5.73. The number of hydrazone groups is 1. The Morgan fingerprint density at radius 3 is 2.73 bits per heavy atom. The lowest BCUT2D eigenvalue weighted by molar-refractivity contribution is -0.121. The van der Waals surface area contributed by atoms with Crippen molar-refractivity contribution in [2.75, 3.05) is 14.2 Å². The number of methoxy groups -OCH3 is 2. The highest BCUT2D eigenvalue weighted by atomic mass is 16.5. The fraction of sp³-hybridized carbons (Fsp3) is 0.200. The van der Waals surface area contributed by atoms with Crippen molar-refractivity contribution in [3.63, 3.8) is 0 Å². The minimum absolute atomic E-state index is 0.139. The molecule has 134 valence electrons. The average molecular weight is 351 g/mol.